The minimum absolute atomic E-state index is 0.0607. The van der Waals surface area contributed by atoms with Gasteiger partial charge in [-0.1, -0.05) is 30.3 Å². The molecule has 1 amide bonds. The van der Waals surface area contributed by atoms with E-state index in [1.54, 1.807) is 6.92 Å². The maximum absolute atomic E-state index is 12.5. The van der Waals surface area contributed by atoms with Crippen LogP contribution in [0.3, 0.4) is 0 Å². The van der Waals surface area contributed by atoms with E-state index in [-0.39, 0.29) is 17.0 Å². The maximum atomic E-state index is 12.5. The Balaban J connectivity index is 2.15. The summed E-state index contributed by atoms with van der Waals surface area (Å²) in [6.45, 7) is 4.18. The Kier molecular flexibility index (Phi) is 6.52. The van der Waals surface area contributed by atoms with E-state index >= 15 is 0 Å². The van der Waals surface area contributed by atoms with Gasteiger partial charge in [0.2, 0.25) is 0 Å². The number of nitrogens with one attached hydrogen (secondary N) is 2. The van der Waals surface area contributed by atoms with E-state index in [2.05, 4.69) is 27.8 Å². The van der Waals surface area contributed by atoms with Crippen LogP contribution < -0.4 is 22.1 Å². The lowest BCUT2D eigenvalue weighted by atomic mass is 9.73. The van der Waals surface area contributed by atoms with Crippen molar-refractivity contribution in [3.63, 3.8) is 0 Å². The number of aliphatic imine (C=N–C) groups is 1. The monoisotopic (exact) mass is 329 g/mol. The molecular weight excluding hydrogens is 302 g/mol. The first kappa shape index (κ1) is 18.2. The van der Waals surface area contributed by atoms with Gasteiger partial charge in [-0.15, -0.1) is 0 Å². The highest BCUT2D eigenvalue weighted by molar-refractivity contribution is 6.40. The van der Waals surface area contributed by atoms with Crippen LogP contribution in [-0.4, -0.2) is 37.3 Å². The van der Waals surface area contributed by atoms with Crippen molar-refractivity contribution < 1.29 is 4.79 Å². The fraction of sp³-hybridized carbons (Fsp3) is 0.444. The number of benzene rings is 1. The molecule has 0 saturated carbocycles. The van der Waals surface area contributed by atoms with Crippen LogP contribution in [0.2, 0.25) is 0 Å². The first-order valence-corrected chi connectivity index (χ1v) is 8.33. The Morgan fingerprint density at radius 1 is 1.38 bits per heavy atom. The van der Waals surface area contributed by atoms with Crippen molar-refractivity contribution in [2.24, 2.45) is 16.5 Å². The third kappa shape index (κ3) is 4.43. The van der Waals surface area contributed by atoms with E-state index in [0.29, 0.717) is 6.54 Å². The second-order valence-electron chi connectivity index (χ2n) is 6.22. The summed E-state index contributed by atoms with van der Waals surface area (Å²) in [4.78, 5) is 16.6. The number of carbonyl (C=O) groups excluding carboxylic acids is 1. The Morgan fingerprint density at radius 2 is 2.04 bits per heavy atom. The number of hydrogen-bond donors (Lipinski definition) is 4. The Hall–Kier alpha value is -2.18. The average Bonchev–Trinajstić information content (AvgIpc) is 2.61. The van der Waals surface area contributed by atoms with Gasteiger partial charge in [0.15, 0.2) is 0 Å². The molecule has 24 heavy (non-hydrogen) atoms. The molecule has 6 nitrogen and oxygen atoms in total. The number of hydrogen-bond acceptors (Lipinski definition) is 5. The molecule has 6 N–H and O–H groups in total. The molecule has 1 fully saturated rings. The normalized spacial score (nSPS) is 19.2. The molecule has 0 aliphatic carbocycles. The maximum Gasteiger partial charge on any atom is 0.267 e. The van der Waals surface area contributed by atoms with E-state index in [0.717, 1.165) is 25.9 Å². The van der Waals surface area contributed by atoms with E-state index in [1.807, 2.05) is 18.2 Å². The van der Waals surface area contributed by atoms with Crippen LogP contribution in [0.4, 0.5) is 0 Å². The van der Waals surface area contributed by atoms with Crippen molar-refractivity contribution in [1.29, 1.82) is 0 Å². The number of carbonyl (C=O) groups is 1. The van der Waals surface area contributed by atoms with Crippen LogP contribution in [0.5, 0.6) is 0 Å². The quantitative estimate of drug-likeness (QED) is 0.575. The highest BCUT2D eigenvalue weighted by Crippen LogP contribution is 2.32. The summed E-state index contributed by atoms with van der Waals surface area (Å²) in [5.74, 6) is -0.239. The van der Waals surface area contributed by atoms with Gasteiger partial charge in [-0.25, -0.2) is 0 Å². The highest BCUT2D eigenvalue weighted by atomic mass is 16.1. The zero-order chi connectivity index (χ0) is 17.4. The largest absolute Gasteiger partial charge is 0.403 e. The number of nitrogens with two attached hydrogens (primary N) is 2. The lowest BCUT2D eigenvalue weighted by molar-refractivity contribution is -0.115. The van der Waals surface area contributed by atoms with Crippen molar-refractivity contribution in [2.45, 2.75) is 31.2 Å². The first-order chi connectivity index (χ1) is 11.6. The predicted molar refractivity (Wildman–Crippen MR) is 97.6 cm³/mol. The molecule has 0 spiro atoms. The van der Waals surface area contributed by atoms with Gasteiger partial charge in [0.1, 0.15) is 5.71 Å². The zero-order valence-electron chi connectivity index (χ0n) is 14.2. The Morgan fingerprint density at radius 3 is 2.62 bits per heavy atom. The summed E-state index contributed by atoms with van der Waals surface area (Å²) < 4.78 is 0. The molecule has 6 heteroatoms. The standard InChI is InChI=1S/C18H27N5O/c1-14(20)16(22-12-9-19)17(24)23-13-18(7-10-21-11-8-18)15-5-3-2-4-6-15/h2-6,9,12,14,21H,7-8,10-11,13,19-20H2,1H3,(H,23,24)/b12-9-,22-16?. The third-order valence-corrected chi connectivity index (χ3v) is 4.50. The van der Waals surface area contributed by atoms with Crippen LogP contribution in [0.15, 0.2) is 47.7 Å². The van der Waals surface area contributed by atoms with Gasteiger partial charge in [-0.3, -0.25) is 9.79 Å². The zero-order valence-corrected chi connectivity index (χ0v) is 14.2. The number of amides is 1. The van der Waals surface area contributed by atoms with Gasteiger partial charge in [-0.05, 0) is 38.4 Å². The summed E-state index contributed by atoms with van der Waals surface area (Å²) in [7, 11) is 0. The van der Waals surface area contributed by atoms with Gasteiger partial charge >= 0.3 is 0 Å². The number of nitrogens with zero attached hydrogens (tertiary/aromatic N) is 1. The molecule has 130 valence electrons. The second-order valence-corrected chi connectivity index (χ2v) is 6.22. The molecule has 1 atom stereocenters. The van der Waals surface area contributed by atoms with Gasteiger partial charge in [-0.2, -0.15) is 0 Å². The van der Waals surface area contributed by atoms with E-state index < -0.39 is 6.04 Å². The fourth-order valence-corrected chi connectivity index (χ4v) is 3.11. The van der Waals surface area contributed by atoms with Crippen LogP contribution in [0, 0.1) is 0 Å². The molecule has 1 heterocycles. The third-order valence-electron chi connectivity index (χ3n) is 4.50. The summed E-state index contributed by atoms with van der Waals surface area (Å²) in [5.41, 5.74) is 12.6. The highest BCUT2D eigenvalue weighted by Gasteiger charge is 2.34. The molecule has 0 aromatic heterocycles. The number of piperidine rings is 1. The molecule has 2 rings (SSSR count). The lowest BCUT2D eigenvalue weighted by Crippen LogP contribution is -2.50. The summed E-state index contributed by atoms with van der Waals surface area (Å²) >= 11 is 0. The first-order valence-electron chi connectivity index (χ1n) is 8.33. The van der Waals surface area contributed by atoms with Crippen molar-refractivity contribution in [3.8, 4) is 0 Å². The van der Waals surface area contributed by atoms with Crippen molar-refractivity contribution in [2.75, 3.05) is 19.6 Å². The minimum atomic E-state index is -0.457. The molecule has 1 aliphatic heterocycles. The van der Waals surface area contributed by atoms with Gasteiger partial charge in [0, 0.05) is 30.4 Å². The molecule has 0 bridgehead atoms. The smallest absolute Gasteiger partial charge is 0.267 e. The molecule has 1 saturated heterocycles. The van der Waals surface area contributed by atoms with Gasteiger partial charge in [0.25, 0.3) is 5.91 Å². The summed E-state index contributed by atoms with van der Waals surface area (Å²) in [6, 6.07) is 9.91. The van der Waals surface area contributed by atoms with Crippen LogP contribution in [-0.2, 0) is 10.2 Å². The van der Waals surface area contributed by atoms with Gasteiger partial charge < -0.3 is 22.1 Å². The molecule has 1 unspecified atom stereocenters. The van der Waals surface area contributed by atoms with Crippen LogP contribution in [0.1, 0.15) is 25.3 Å². The molecule has 1 aromatic rings. The topological polar surface area (TPSA) is 106 Å². The van der Waals surface area contributed by atoms with Crippen molar-refractivity contribution >= 4 is 11.6 Å². The van der Waals surface area contributed by atoms with E-state index in [9.17, 15) is 4.79 Å². The predicted octanol–water partition coefficient (Wildman–Crippen LogP) is 0.642. The SMILES string of the molecule is CC(N)C(=N/C=C\N)C(=O)NCC1(c2ccccc2)CCNCC1. The van der Waals surface area contributed by atoms with E-state index in [1.165, 1.54) is 18.0 Å². The Labute approximate surface area is 143 Å². The summed E-state index contributed by atoms with van der Waals surface area (Å²) in [5, 5.41) is 6.42. The van der Waals surface area contributed by atoms with Crippen molar-refractivity contribution in [1.82, 2.24) is 10.6 Å². The summed E-state index contributed by atoms with van der Waals surface area (Å²) in [6.07, 6.45) is 4.62. The minimum Gasteiger partial charge on any atom is -0.403 e. The molecule has 1 aliphatic rings. The van der Waals surface area contributed by atoms with Crippen molar-refractivity contribution in [3.05, 3.63) is 48.3 Å². The van der Waals surface area contributed by atoms with Crippen LogP contribution in [0.25, 0.3) is 0 Å². The molecule has 0 radical (unpaired) electrons. The second kappa shape index (κ2) is 8.61. The Bertz CT molecular complexity index is 589. The molecule has 1 aromatic carbocycles. The van der Waals surface area contributed by atoms with Gasteiger partial charge in [0.05, 0.1) is 0 Å². The number of rotatable bonds is 6. The average molecular weight is 329 g/mol. The van der Waals surface area contributed by atoms with Crippen LogP contribution >= 0.6 is 0 Å². The lowest BCUT2D eigenvalue weighted by Gasteiger charge is -2.38. The molecular formula is C18H27N5O. The fourth-order valence-electron chi connectivity index (χ4n) is 3.11. The van der Waals surface area contributed by atoms with E-state index in [4.69, 9.17) is 11.5 Å².